The molecule has 1 heterocycles. The maximum Gasteiger partial charge on any atom is 0.339 e. The van der Waals surface area contributed by atoms with E-state index >= 15 is 0 Å². The van der Waals surface area contributed by atoms with Crippen LogP contribution in [0.2, 0.25) is 0 Å². The molecule has 0 atom stereocenters. The molecule has 1 aliphatic rings. The van der Waals surface area contributed by atoms with Gasteiger partial charge < -0.3 is 18.9 Å². The number of esters is 1. The second kappa shape index (κ2) is 9.90. The molecule has 0 fully saturated rings. The Bertz CT molecular complexity index is 1180. The number of ether oxygens (including phenoxy) is 4. The highest BCUT2D eigenvalue weighted by Gasteiger charge is 2.24. The van der Waals surface area contributed by atoms with Crippen LogP contribution < -0.4 is 14.2 Å². The van der Waals surface area contributed by atoms with Crippen LogP contribution in [0.25, 0.3) is 10.9 Å². The molecule has 0 bridgehead atoms. The standard InChI is InChI=1S/C26H27NO6/c1-30-22-13-16(14-23(31-2)25(22)32-3)21(28)15-33-26(29)24-17-9-5-4-6-11-19(17)27-20-12-8-7-10-18(20)24/h7-8,10,12-14H,4-6,9,11,15H2,1-3H3. The van der Waals surface area contributed by atoms with Gasteiger partial charge >= 0.3 is 5.97 Å². The number of aromatic nitrogens is 1. The molecule has 0 radical (unpaired) electrons. The van der Waals surface area contributed by atoms with E-state index in [1.54, 1.807) is 12.1 Å². The van der Waals surface area contributed by atoms with E-state index in [2.05, 4.69) is 0 Å². The monoisotopic (exact) mass is 449 g/mol. The highest BCUT2D eigenvalue weighted by Crippen LogP contribution is 2.38. The summed E-state index contributed by atoms with van der Waals surface area (Å²) in [6.45, 7) is -0.400. The molecule has 7 heteroatoms. The number of aryl methyl sites for hydroxylation is 1. The number of nitrogens with zero attached hydrogens (tertiary/aromatic N) is 1. The van der Waals surface area contributed by atoms with Crippen molar-refractivity contribution in [2.75, 3.05) is 27.9 Å². The van der Waals surface area contributed by atoms with E-state index in [9.17, 15) is 9.59 Å². The quantitative estimate of drug-likeness (QED) is 0.297. The normalized spacial score (nSPS) is 13.1. The summed E-state index contributed by atoms with van der Waals surface area (Å²) in [5.41, 5.74) is 3.48. The average molecular weight is 450 g/mol. The molecule has 2 aromatic carbocycles. The SMILES string of the molecule is COc1cc(C(=O)COC(=O)c2c3c(nc4ccccc24)CCCCC3)cc(OC)c1OC. The summed E-state index contributed by atoms with van der Waals surface area (Å²) in [4.78, 5) is 30.9. The zero-order valence-electron chi connectivity index (χ0n) is 19.1. The first-order valence-electron chi connectivity index (χ1n) is 11.0. The largest absolute Gasteiger partial charge is 0.493 e. The Kier molecular flexibility index (Phi) is 6.77. The summed E-state index contributed by atoms with van der Waals surface area (Å²) >= 11 is 0. The van der Waals surface area contributed by atoms with E-state index in [-0.39, 0.29) is 5.78 Å². The number of pyridine rings is 1. The number of para-hydroxylation sites is 1. The van der Waals surface area contributed by atoms with Gasteiger partial charge in [0.25, 0.3) is 0 Å². The summed E-state index contributed by atoms with van der Waals surface area (Å²) in [5, 5.41) is 0.753. The average Bonchev–Trinajstić information content (AvgIpc) is 3.09. The number of carbonyl (C=O) groups is 2. The zero-order valence-corrected chi connectivity index (χ0v) is 19.1. The van der Waals surface area contributed by atoms with Gasteiger partial charge in [-0.2, -0.15) is 0 Å². The molecule has 172 valence electrons. The molecule has 33 heavy (non-hydrogen) atoms. The number of rotatable bonds is 7. The van der Waals surface area contributed by atoms with Crippen LogP contribution in [0.15, 0.2) is 36.4 Å². The van der Waals surface area contributed by atoms with Gasteiger partial charge in [0.2, 0.25) is 11.5 Å². The van der Waals surface area contributed by atoms with Crippen LogP contribution >= 0.6 is 0 Å². The van der Waals surface area contributed by atoms with Gasteiger partial charge in [0.05, 0.1) is 32.4 Å². The zero-order chi connectivity index (χ0) is 23.4. The Hall–Kier alpha value is -3.61. The minimum Gasteiger partial charge on any atom is -0.493 e. The van der Waals surface area contributed by atoms with Crippen molar-refractivity contribution in [3.05, 3.63) is 58.8 Å². The van der Waals surface area contributed by atoms with Crippen molar-refractivity contribution >= 4 is 22.7 Å². The number of benzene rings is 2. The van der Waals surface area contributed by atoms with Crippen LogP contribution in [0.3, 0.4) is 0 Å². The predicted molar refractivity (Wildman–Crippen MR) is 124 cm³/mol. The van der Waals surface area contributed by atoms with Gasteiger partial charge in [0.1, 0.15) is 0 Å². The molecule has 0 N–H and O–H groups in total. The Balaban J connectivity index is 1.62. The van der Waals surface area contributed by atoms with Crippen molar-refractivity contribution in [2.24, 2.45) is 0 Å². The molecule has 0 saturated heterocycles. The van der Waals surface area contributed by atoms with Crippen molar-refractivity contribution in [2.45, 2.75) is 32.1 Å². The first-order valence-corrected chi connectivity index (χ1v) is 11.0. The first kappa shape index (κ1) is 22.6. The molecule has 7 nitrogen and oxygen atoms in total. The second-order valence-electron chi connectivity index (χ2n) is 7.90. The Labute approximate surface area is 192 Å². The highest BCUT2D eigenvalue weighted by molar-refractivity contribution is 6.06. The van der Waals surface area contributed by atoms with Gasteiger partial charge in [0.15, 0.2) is 18.1 Å². The molecule has 0 saturated carbocycles. The van der Waals surface area contributed by atoms with E-state index in [1.165, 1.54) is 21.3 Å². The fourth-order valence-electron chi connectivity index (χ4n) is 4.31. The van der Waals surface area contributed by atoms with Crippen molar-refractivity contribution in [3.63, 3.8) is 0 Å². The molecular weight excluding hydrogens is 422 g/mol. The van der Waals surface area contributed by atoms with Crippen molar-refractivity contribution in [1.29, 1.82) is 0 Å². The molecular formula is C26H27NO6. The number of fused-ring (bicyclic) bond motifs is 2. The third kappa shape index (κ3) is 4.49. The van der Waals surface area contributed by atoms with E-state index in [4.69, 9.17) is 23.9 Å². The molecule has 1 aliphatic carbocycles. The summed E-state index contributed by atoms with van der Waals surface area (Å²) < 4.78 is 21.5. The molecule has 3 aromatic rings. The summed E-state index contributed by atoms with van der Waals surface area (Å²) in [6, 6.07) is 10.7. The Morgan fingerprint density at radius 3 is 2.30 bits per heavy atom. The first-order chi connectivity index (χ1) is 16.1. The molecule has 0 unspecified atom stereocenters. The van der Waals surface area contributed by atoms with Crippen molar-refractivity contribution in [3.8, 4) is 17.2 Å². The lowest BCUT2D eigenvalue weighted by atomic mass is 9.97. The maximum atomic E-state index is 13.3. The van der Waals surface area contributed by atoms with Gasteiger partial charge in [-0.1, -0.05) is 24.6 Å². The van der Waals surface area contributed by atoms with Crippen LogP contribution in [-0.2, 0) is 17.6 Å². The van der Waals surface area contributed by atoms with Crippen molar-refractivity contribution in [1.82, 2.24) is 4.98 Å². The van der Waals surface area contributed by atoms with Gasteiger partial charge in [-0.25, -0.2) is 4.79 Å². The van der Waals surface area contributed by atoms with Crippen molar-refractivity contribution < 1.29 is 28.5 Å². The van der Waals surface area contributed by atoms with E-state index in [1.807, 2.05) is 24.3 Å². The highest BCUT2D eigenvalue weighted by atomic mass is 16.5. The second-order valence-corrected chi connectivity index (χ2v) is 7.90. The smallest absolute Gasteiger partial charge is 0.339 e. The molecule has 0 spiro atoms. The van der Waals surface area contributed by atoms with Gasteiger partial charge in [-0.3, -0.25) is 9.78 Å². The lowest BCUT2D eigenvalue weighted by molar-refractivity contribution is 0.0475. The summed E-state index contributed by atoms with van der Waals surface area (Å²) in [6.07, 6.45) is 4.76. The maximum absolute atomic E-state index is 13.3. The van der Waals surface area contributed by atoms with E-state index in [0.717, 1.165) is 54.3 Å². The number of hydrogen-bond acceptors (Lipinski definition) is 7. The van der Waals surface area contributed by atoms with Gasteiger partial charge in [-0.15, -0.1) is 0 Å². The minimum atomic E-state index is -0.507. The third-order valence-electron chi connectivity index (χ3n) is 5.94. The number of methoxy groups -OCH3 is 3. The minimum absolute atomic E-state index is 0.302. The third-order valence-corrected chi connectivity index (χ3v) is 5.94. The van der Waals surface area contributed by atoms with Crippen LogP contribution in [0.5, 0.6) is 17.2 Å². The van der Waals surface area contributed by atoms with Crippen LogP contribution in [0, 0.1) is 0 Å². The lowest BCUT2D eigenvalue weighted by Crippen LogP contribution is -2.17. The van der Waals surface area contributed by atoms with Crippen LogP contribution in [0.4, 0.5) is 0 Å². The Morgan fingerprint density at radius 2 is 1.61 bits per heavy atom. The van der Waals surface area contributed by atoms with Gasteiger partial charge in [-0.05, 0) is 49.4 Å². The van der Waals surface area contributed by atoms with Gasteiger partial charge in [0, 0.05) is 16.6 Å². The topological polar surface area (TPSA) is 84.0 Å². The molecule has 4 rings (SSSR count). The fourth-order valence-corrected chi connectivity index (χ4v) is 4.31. The molecule has 0 amide bonds. The van der Waals surface area contributed by atoms with Crippen LogP contribution in [0.1, 0.15) is 51.2 Å². The van der Waals surface area contributed by atoms with E-state index in [0.29, 0.717) is 28.4 Å². The summed E-state index contributed by atoms with van der Waals surface area (Å²) in [7, 11) is 4.45. The summed E-state index contributed by atoms with van der Waals surface area (Å²) in [5.74, 6) is 0.230. The van der Waals surface area contributed by atoms with E-state index < -0.39 is 12.6 Å². The fraction of sp³-hybridized carbons (Fsp3) is 0.346. The van der Waals surface area contributed by atoms with Crippen LogP contribution in [-0.4, -0.2) is 44.7 Å². The molecule has 0 aliphatic heterocycles. The molecule has 1 aromatic heterocycles. The number of hydrogen-bond donors (Lipinski definition) is 0. The number of carbonyl (C=O) groups excluding carboxylic acids is 2. The Morgan fingerprint density at radius 1 is 0.909 bits per heavy atom. The predicted octanol–water partition coefficient (Wildman–Crippen LogP) is 4.57. The number of ketones is 1. The number of Topliss-reactive ketones (excluding diaryl/α,β-unsaturated/α-hetero) is 1. The lowest BCUT2D eigenvalue weighted by Gasteiger charge is -2.15.